The van der Waals surface area contributed by atoms with E-state index in [4.69, 9.17) is 4.74 Å². The van der Waals surface area contributed by atoms with Crippen LogP contribution in [-0.4, -0.2) is 21.8 Å². The Morgan fingerprint density at radius 2 is 2.29 bits per heavy atom. The molecule has 2 rings (SSSR count). The number of aliphatic hydroxyl groups excluding tert-OH is 1. The van der Waals surface area contributed by atoms with Crippen molar-refractivity contribution >= 4 is 0 Å². The second-order valence-electron chi connectivity index (χ2n) is 4.02. The molecule has 0 fully saturated rings. The molecule has 1 aromatic heterocycles. The van der Waals surface area contributed by atoms with Crippen LogP contribution in [0.4, 0.5) is 0 Å². The number of rotatable bonds is 4. The van der Waals surface area contributed by atoms with Crippen molar-refractivity contribution in [3.8, 4) is 5.75 Å². The minimum absolute atomic E-state index is 0.472. The summed E-state index contributed by atoms with van der Waals surface area (Å²) >= 11 is 0. The third-order valence-corrected chi connectivity index (χ3v) is 2.69. The van der Waals surface area contributed by atoms with E-state index in [1.54, 1.807) is 19.6 Å². The smallest absolute Gasteiger partial charge is 0.124 e. The molecule has 2 aromatic rings. The molecule has 0 amide bonds. The van der Waals surface area contributed by atoms with Gasteiger partial charge in [0.15, 0.2) is 0 Å². The number of aromatic nitrogens is 2. The van der Waals surface area contributed by atoms with Crippen molar-refractivity contribution in [1.82, 2.24) is 9.55 Å². The van der Waals surface area contributed by atoms with Crippen LogP contribution in [0.2, 0.25) is 0 Å². The molecule has 1 N–H and O–H groups in total. The van der Waals surface area contributed by atoms with E-state index in [9.17, 15) is 5.11 Å². The lowest BCUT2D eigenvalue weighted by Crippen LogP contribution is -2.08. The van der Waals surface area contributed by atoms with Crippen LogP contribution in [0.1, 0.15) is 17.2 Å². The maximum absolute atomic E-state index is 10.2. The zero-order valence-electron chi connectivity index (χ0n) is 10.00. The van der Waals surface area contributed by atoms with Gasteiger partial charge in [-0.05, 0) is 19.1 Å². The Balaban J connectivity index is 2.23. The van der Waals surface area contributed by atoms with Crippen LogP contribution >= 0.6 is 0 Å². The van der Waals surface area contributed by atoms with Gasteiger partial charge in [-0.15, -0.1) is 0 Å². The number of ether oxygens (including phenoxy) is 1. The summed E-state index contributed by atoms with van der Waals surface area (Å²) < 4.78 is 7.10. The first-order chi connectivity index (χ1) is 8.20. The lowest BCUT2D eigenvalue weighted by Gasteiger charge is -2.15. The van der Waals surface area contributed by atoms with Crippen LogP contribution in [0.15, 0.2) is 36.9 Å². The summed E-state index contributed by atoms with van der Waals surface area (Å²) in [5, 5.41) is 10.2. The van der Waals surface area contributed by atoms with Crippen LogP contribution in [0.5, 0.6) is 5.75 Å². The molecule has 0 aliphatic carbocycles. The molecule has 4 heteroatoms. The molecule has 1 heterocycles. The fraction of sp³-hybridized carbons (Fsp3) is 0.308. The summed E-state index contributed by atoms with van der Waals surface area (Å²) in [5.41, 5.74) is 1.91. The number of methoxy groups -OCH3 is 1. The van der Waals surface area contributed by atoms with Gasteiger partial charge in [0.05, 0.1) is 20.0 Å². The highest BCUT2D eigenvalue weighted by Crippen LogP contribution is 2.27. The molecule has 1 aromatic carbocycles. The number of hydrogen-bond acceptors (Lipinski definition) is 3. The van der Waals surface area contributed by atoms with Gasteiger partial charge in [0.1, 0.15) is 11.9 Å². The number of nitrogens with zero attached hydrogens (tertiary/aromatic N) is 2. The predicted octanol–water partition coefficient (Wildman–Crippen LogP) is 1.93. The summed E-state index contributed by atoms with van der Waals surface area (Å²) in [7, 11) is 1.61. The molecule has 4 nitrogen and oxygen atoms in total. The standard InChI is InChI=1S/C13H16N2O2/c1-10-3-4-13(17-2)11(7-10)12(16)8-15-6-5-14-9-15/h3-7,9,12,16H,8H2,1-2H3. The third-order valence-electron chi connectivity index (χ3n) is 2.69. The van der Waals surface area contributed by atoms with Crippen LogP contribution < -0.4 is 4.74 Å². The van der Waals surface area contributed by atoms with Crippen LogP contribution in [-0.2, 0) is 6.54 Å². The number of hydrogen-bond donors (Lipinski definition) is 1. The fourth-order valence-corrected chi connectivity index (χ4v) is 1.81. The minimum Gasteiger partial charge on any atom is -0.496 e. The van der Waals surface area contributed by atoms with E-state index in [-0.39, 0.29) is 0 Å². The second-order valence-corrected chi connectivity index (χ2v) is 4.02. The average molecular weight is 232 g/mol. The SMILES string of the molecule is COc1ccc(C)cc1C(O)Cn1ccnc1. The van der Waals surface area contributed by atoms with E-state index in [0.29, 0.717) is 12.3 Å². The molecule has 0 aliphatic rings. The van der Waals surface area contributed by atoms with Gasteiger partial charge in [-0.1, -0.05) is 11.6 Å². The highest BCUT2D eigenvalue weighted by molar-refractivity contribution is 5.38. The van der Waals surface area contributed by atoms with Gasteiger partial charge in [0.25, 0.3) is 0 Å². The maximum Gasteiger partial charge on any atom is 0.124 e. The second kappa shape index (κ2) is 5.01. The van der Waals surface area contributed by atoms with E-state index >= 15 is 0 Å². The number of benzene rings is 1. The molecule has 0 saturated carbocycles. The van der Waals surface area contributed by atoms with Gasteiger partial charge in [-0.25, -0.2) is 4.98 Å². The molecular formula is C13H16N2O2. The first-order valence-electron chi connectivity index (χ1n) is 5.49. The minimum atomic E-state index is -0.598. The summed E-state index contributed by atoms with van der Waals surface area (Å²) in [4.78, 5) is 3.95. The Bertz CT molecular complexity index is 480. The number of imidazole rings is 1. The molecule has 90 valence electrons. The number of aryl methyl sites for hydroxylation is 1. The third kappa shape index (κ3) is 2.65. The molecule has 0 spiro atoms. The Morgan fingerprint density at radius 3 is 2.94 bits per heavy atom. The Labute approximate surface area is 100 Å². The summed E-state index contributed by atoms with van der Waals surface area (Å²) in [6.45, 7) is 2.46. The topological polar surface area (TPSA) is 47.3 Å². The summed E-state index contributed by atoms with van der Waals surface area (Å²) in [6, 6.07) is 5.79. The van der Waals surface area contributed by atoms with Gasteiger partial charge >= 0.3 is 0 Å². The molecule has 0 radical (unpaired) electrons. The van der Waals surface area contributed by atoms with Crippen molar-refractivity contribution in [3.63, 3.8) is 0 Å². The van der Waals surface area contributed by atoms with Crippen molar-refractivity contribution in [2.45, 2.75) is 19.6 Å². The van der Waals surface area contributed by atoms with Crippen molar-refractivity contribution < 1.29 is 9.84 Å². The Kier molecular flexibility index (Phi) is 3.44. The van der Waals surface area contributed by atoms with Crippen molar-refractivity contribution in [2.75, 3.05) is 7.11 Å². The zero-order valence-corrected chi connectivity index (χ0v) is 10.00. The maximum atomic E-state index is 10.2. The van der Waals surface area contributed by atoms with Gasteiger partial charge in [-0.2, -0.15) is 0 Å². The fourth-order valence-electron chi connectivity index (χ4n) is 1.81. The van der Waals surface area contributed by atoms with E-state index in [2.05, 4.69) is 4.98 Å². The van der Waals surface area contributed by atoms with Gasteiger partial charge in [-0.3, -0.25) is 0 Å². The lowest BCUT2D eigenvalue weighted by atomic mass is 10.1. The first kappa shape index (κ1) is 11.7. The van der Waals surface area contributed by atoms with Crippen LogP contribution in [0, 0.1) is 6.92 Å². The van der Waals surface area contributed by atoms with Gasteiger partial charge < -0.3 is 14.4 Å². The van der Waals surface area contributed by atoms with Crippen molar-refractivity contribution in [3.05, 3.63) is 48.0 Å². The van der Waals surface area contributed by atoms with E-state index in [0.717, 1.165) is 11.1 Å². The Morgan fingerprint density at radius 1 is 1.47 bits per heavy atom. The molecule has 0 bridgehead atoms. The van der Waals surface area contributed by atoms with Crippen LogP contribution in [0.3, 0.4) is 0 Å². The average Bonchev–Trinajstić information content (AvgIpc) is 2.81. The van der Waals surface area contributed by atoms with E-state index < -0.39 is 6.10 Å². The zero-order chi connectivity index (χ0) is 12.3. The normalized spacial score (nSPS) is 12.4. The quantitative estimate of drug-likeness (QED) is 0.876. The summed E-state index contributed by atoms with van der Waals surface area (Å²) in [6.07, 6.45) is 4.61. The molecule has 0 saturated heterocycles. The van der Waals surface area contributed by atoms with Crippen LogP contribution in [0.25, 0.3) is 0 Å². The lowest BCUT2D eigenvalue weighted by molar-refractivity contribution is 0.152. The summed E-state index contributed by atoms with van der Waals surface area (Å²) in [5.74, 6) is 0.711. The van der Waals surface area contributed by atoms with E-state index in [1.807, 2.05) is 35.9 Å². The largest absolute Gasteiger partial charge is 0.496 e. The molecule has 1 unspecified atom stereocenters. The van der Waals surface area contributed by atoms with Gasteiger partial charge in [0, 0.05) is 18.0 Å². The highest BCUT2D eigenvalue weighted by atomic mass is 16.5. The van der Waals surface area contributed by atoms with E-state index in [1.165, 1.54) is 0 Å². The van der Waals surface area contributed by atoms with Gasteiger partial charge in [0.2, 0.25) is 0 Å². The molecule has 0 aliphatic heterocycles. The van der Waals surface area contributed by atoms with Crippen molar-refractivity contribution in [1.29, 1.82) is 0 Å². The number of aliphatic hydroxyl groups is 1. The molecule has 17 heavy (non-hydrogen) atoms. The monoisotopic (exact) mass is 232 g/mol. The molecule has 1 atom stereocenters. The van der Waals surface area contributed by atoms with Crippen molar-refractivity contribution in [2.24, 2.45) is 0 Å². The Hall–Kier alpha value is -1.81. The molecular weight excluding hydrogens is 216 g/mol. The predicted molar refractivity (Wildman–Crippen MR) is 64.9 cm³/mol. The first-order valence-corrected chi connectivity index (χ1v) is 5.49. The highest BCUT2D eigenvalue weighted by Gasteiger charge is 2.13.